The zero-order valence-electron chi connectivity index (χ0n) is 8.96. The highest BCUT2D eigenvalue weighted by molar-refractivity contribution is 7.89. The summed E-state index contributed by atoms with van der Waals surface area (Å²) in [5.41, 5.74) is 6.01. The largest absolute Gasteiger partial charge is 0.389 e. The number of hydrogen-bond acceptors (Lipinski definition) is 6. The van der Waals surface area contributed by atoms with Crippen molar-refractivity contribution in [1.82, 2.24) is 9.97 Å². The molecule has 0 amide bonds. The maximum absolute atomic E-state index is 10.7. The Morgan fingerprint density at radius 2 is 2.24 bits per heavy atom. The van der Waals surface area contributed by atoms with Crippen LogP contribution in [0.15, 0.2) is 12.5 Å². The summed E-state index contributed by atoms with van der Waals surface area (Å²) in [5.74, 6) is 0.398. The molecule has 0 unspecified atom stereocenters. The maximum atomic E-state index is 10.7. The predicted molar refractivity (Wildman–Crippen MR) is 69.0 cm³/mol. The van der Waals surface area contributed by atoms with Gasteiger partial charge in [-0.25, -0.2) is 23.5 Å². The van der Waals surface area contributed by atoms with E-state index in [4.69, 9.17) is 23.1 Å². The zero-order valence-corrected chi connectivity index (χ0v) is 10.6. The number of nitrogens with zero attached hydrogens (tertiary/aromatic N) is 2. The summed E-state index contributed by atoms with van der Waals surface area (Å²) >= 11 is 4.83. The Labute approximate surface area is 105 Å². The molecule has 1 rings (SSSR count). The Bertz CT molecular complexity index is 502. The zero-order chi connectivity index (χ0) is 12.9. The van der Waals surface area contributed by atoms with Crippen LogP contribution < -0.4 is 16.2 Å². The molecule has 0 saturated carbocycles. The number of nitrogens with one attached hydrogen (secondary N) is 1. The normalized spacial score (nSPS) is 11.1. The van der Waals surface area contributed by atoms with E-state index in [2.05, 4.69) is 15.3 Å². The third-order valence-corrected chi connectivity index (χ3v) is 2.95. The lowest BCUT2D eigenvalue weighted by Crippen LogP contribution is -2.20. The number of sulfonamides is 1. The number of primary sulfonamides is 1. The van der Waals surface area contributed by atoms with E-state index in [1.54, 1.807) is 0 Å². The Kier molecular flexibility index (Phi) is 4.73. The third-order valence-electron chi connectivity index (χ3n) is 1.88. The van der Waals surface area contributed by atoms with Crippen LogP contribution in [0.2, 0.25) is 0 Å². The summed E-state index contributed by atoms with van der Waals surface area (Å²) in [4.78, 5) is 7.94. The molecule has 0 spiro atoms. The van der Waals surface area contributed by atoms with Gasteiger partial charge in [0.1, 0.15) is 17.1 Å². The second-order valence-electron chi connectivity index (χ2n) is 3.30. The summed E-state index contributed by atoms with van der Waals surface area (Å²) in [5, 5.41) is 7.80. The number of thiocarbonyl (C=S) groups is 1. The van der Waals surface area contributed by atoms with Gasteiger partial charge in [-0.15, -0.1) is 0 Å². The fourth-order valence-electron chi connectivity index (χ4n) is 1.13. The highest BCUT2D eigenvalue weighted by atomic mass is 32.2. The summed E-state index contributed by atoms with van der Waals surface area (Å²) in [6.45, 7) is 0.406. The van der Waals surface area contributed by atoms with Crippen molar-refractivity contribution in [3.05, 3.63) is 18.1 Å². The van der Waals surface area contributed by atoms with Gasteiger partial charge in [-0.05, 0) is 6.42 Å². The van der Waals surface area contributed by atoms with Crippen LogP contribution >= 0.6 is 12.2 Å². The molecule has 0 aliphatic carbocycles. The molecule has 1 aromatic heterocycles. The predicted octanol–water partition coefficient (Wildman–Crippen LogP) is -0.799. The van der Waals surface area contributed by atoms with Gasteiger partial charge in [-0.3, -0.25) is 0 Å². The molecule has 0 radical (unpaired) electrons. The van der Waals surface area contributed by atoms with Crippen molar-refractivity contribution >= 4 is 33.0 Å². The summed E-state index contributed by atoms with van der Waals surface area (Å²) in [6, 6.07) is 0. The first-order chi connectivity index (χ1) is 7.90. The van der Waals surface area contributed by atoms with Gasteiger partial charge >= 0.3 is 0 Å². The Hall–Kier alpha value is -1.32. The van der Waals surface area contributed by atoms with Gasteiger partial charge in [0, 0.05) is 12.7 Å². The van der Waals surface area contributed by atoms with Gasteiger partial charge in [0.15, 0.2) is 0 Å². The molecular formula is C8H13N5O2S2. The van der Waals surface area contributed by atoms with Gasteiger partial charge in [0.05, 0.1) is 11.3 Å². The standard InChI is InChI=1S/C8H13N5O2S2/c9-7(16)6-4-11-5-13-8(6)12-2-1-3-17(10,14)15/h4-5H,1-3H2,(H2,9,16)(H2,10,14,15)(H,11,12,13). The van der Waals surface area contributed by atoms with Crippen molar-refractivity contribution < 1.29 is 8.42 Å². The molecule has 94 valence electrons. The average molecular weight is 275 g/mol. The number of rotatable bonds is 6. The Morgan fingerprint density at radius 1 is 1.53 bits per heavy atom. The van der Waals surface area contributed by atoms with Crippen molar-refractivity contribution in [2.45, 2.75) is 6.42 Å². The molecular weight excluding hydrogens is 262 g/mol. The minimum Gasteiger partial charge on any atom is -0.389 e. The van der Waals surface area contributed by atoms with Crippen molar-refractivity contribution in [1.29, 1.82) is 0 Å². The number of hydrogen-bond donors (Lipinski definition) is 3. The fraction of sp³-hybridized carbons (Fsp3) is 0.375. The van der Waals surface area contributed by atoms with Gasteiger partial charge in [-0.2, -0.15) is 0 Å². The molecule has 5 N–H and O–H groups in total. The second-order valence-corrected chi connectivity index (χ2v) is 5.47. The van der Waals surface area contributed by atoms with E-state index in [1.807, 2.05) is 0 Å². The lowest BCUT2D eigenvalue weighted by atomic mass is 10.3. The summed E-state index contributed by atoms with van der Waals surface area (Å²) in [6.07, 6.45) is 3.22. The molecule has 7 nitrogen and oxygen atoms in total. The van der Waals surface area contributed by atoms with E-state index >= 15 is 0 Å². The van der Waals surface area contributed by atoms with Crippen LogP contribution in [0.5, 0.6) is 0 Å². The molecule has 0 aromatic carbocycles. The second kappa shape index (κ2) is 5.84. The van der Waals surface area contributed by atoms with E-state index in [0.29, 0.717) is 24.3 Å². The molecule has 9 heteroatoms. The van der Waals surface area contributed by atoms with Crippen LogP contribution in [0.4, 0.5) is 5.82 Å². The molecule has 0 atom stereocenters. The molecule has 1 aromatic rings. The van der Waals surface area contributed by atoms with E-state index in [-0.39, 0.29) is 10.7 Å². The minimum absolute atomic E-state index is 0.0898. The molecule has 0 bridgehead atoms. The molecule has 0 fully saturated rings. The van der Waals surface area contributed by atoms with Crippen LogP contribution in [0, 0.1) is 0 Å². The molecule has 17 heavy (non-hydrogen) atoms. The first kappa shape index (κ1) is 13.7. The van der Waals surface area contributed by atoms with E-state index in [1.165, 1.54) is 12.5 Å². The minimum atomic E-state index is -3.43. The van der Waals surface area contributed by atoms with E-state index in [9.17, 15) is 8.42 Å². The summed E-state index contributed by atoms with van der Waals surface area (Å²) in [7, 11) is -3.43. The van der Waals surface area contributed by atoms with Gasteiger partial charge in [0.25, 0.3) is 0 Å². The van der Waals surface area contributed by atoms with Gasteiger partial charge < -0.3 is 11.1 Å². The smallest absolute Gasteiger partial charge is 0.209 e. The Morgan fingerprint density at radius 3 is 2.82 bits per heavy atom. The van der Waals surface area contributed by atoms with Crippen LogP contribution in [0.3, 0.4) is 0 Å². The van der Waals surface area contributed by atoms with Gasteiger partial charge in [-0.1, -0.05) is 12.2 Å². The monoisotopic (exact) mass is 275 g/mol. The summed E-state index contributed by atoms with van der Waals surface area (Å²) < 4.78 is 21.4. The van der Waals surface area contributed by atoms with Crippen LogP contribution in [-0.2, 0) is 10.0 Å². The van der Waals surface area contributed by atoms with Crippen molar-refractivity contribution in [3.8, 4) is 0 Å². The van der Waals surface area contributed by atoms with E-state index < -0.39 is 10.0 Å². The quantitative estimate of drug-likeness (QED) is 0.458. The molecule has 0 aliphatic heterocycles. The number of anilines is 1. The highest BCUT2D eigenvalue weighted by Gasteiger charge is 2.07. The maximum Gasteiger partial charge on any atom is 0.209 e. The van der Waals surface area contributed by atoms with Crippen molar-refractivity contribution in [2.24, 2.45) is 10.9 Å². The number of aromatic nitrogens is 2. The highest BCUT2D eigenvalue weighted by Crippen LogP contribution is 2.09. The third kappa shape index (κ3) is 5.02. The first-order valence-electron chi connectivity index (χ1n) is 4.74. The first-order valence-corrected chi connectivity index (χ1v) is 6.86. The van der Waals surface area contributed by atoms with Crippen LogP contribution in [0.1, 0.15) is 12.0 Å². The van der Waals surface area contributed by atoms with E-state index in [0.717, 1.165) is 0 Å². The Balaban J connectivity index is 2.55. The number of nitrogens with two attached hydrogens (primary N) is 2. The topological polar surface area (TPSA) is 124 Å². The van der Waals surface area contributed by atoms with Gasteiger partial charge in [0.2, 0.25) is 10.0 Å². The van der Waals surface area contributed by atoms with Crippen LogP contribution in [0.25, 0.3) is 0 Å². The lowest BCUT2D eigenvalue weighted by molar-refractivity contribution is 0.595. The molecule has 0 saturated heterocycles. The fourth-order valence-corrected chi connectivity index (χ4v) is 1.83. The average Bonchev–Trinajstić information content (AvgIpc) is 2.23. The van der Waals surface area contributed by atoms with Crippen LogP contribution in [-0.4, -0.2) is 35.7 Å². The molecule has 0 aliphatic rings. The van der Waals surface area contributed by atoms with Crippen molar-refractivity contribution in [2.75, 3.05) is 17.6 Å². The SMILES string of the molecule is NC(=S)c1cncnc1NCCCS(N)(=O)=O. The molecule has 1 heterocycles. The van der Waals surface area contributed by atoms with Crippen molar-refractivity contribution in [3.63, 3.8) is 0 Å². The lowest BCUT2D eigenvalue weighted by Gasteiger charge is -2.08.